The summed E-state index contributed by atoms with van der Waals surface area (Å²) in [5.41, 5.74) is 12.9. The third-order valence-corrected chi connectivity index (χ3v) is 12.8. The Hall–Kier alpha value is -5.53. The first kappa shape index (κ1) is 39.2. The van der Waals surface area contributed by atoms with Crippen molar-refractivity contribution in [1.29, 1.82) is 0 Å². The lowest BCUT2D eigenvalue weighted by Crippen LogP contribution is -2.25. The third kappa shape index (κ3) is 8.27. The Kier molecular flexibility index (Phi) is 11.4. The van der Waals surface area contributed by atoms with E-state index < -0.39 is 20.3 Å². The van der Waals surface area contributed by atoms with Gasteiger partial charge in [0.25, 0.3) is 0 Å². The van der Waals surface area contributed by atoms with E-state index in [2.05, 4.69) is 84.3 Å². The van der Waals surface area contributed by atoms with Gasteiger partial charge in [-0.05, 0) is 107 Å². The first-order chi connectivity index (χ1) is 26.1. The maximum Gasteiger partial charge on any atom is 0.172 e. The molecule has 0 aliphatic carbocycles. The quantitative estimate of drug-likeness (QED) is 0.124. The summed E-state index contributed by atoms with van der Waals surface area (Å²) in [7, 11) is 11.9. The van der Waals surface area contributed by atoms with Crippen LogP contribution in [0.1, 0.15) is 43.9 Å². The van der Waals surface area contributed by atoms with Crippen LogP contribution in [-0.2, 0) is 9.84 Å². The standard InChI is InChI=1S/C48H54N4O2S/c1-33-11-15-35(16-12-33)45-31-41(51(7)8)27-29-43(45)47(37-19-23-39(24-20-37)49(3)4)55(53,54)48(38-21-25-40(26-22-38)50(5)6)44-30-28-42(52(9)10)32-46(44)36-17-13-34(2)14-18-36/h11-32,47-48H,1-10H3. The van der Waals surface area contributed by atoms with Gasteiger partial charge in [-0.2, -0.15) is 0 Å². The second kappa shape index (κ2) is 16.1. The van der Waals surface area contributed by atoms with Crippen LogP contribution in [0.3, 0.4) is 0 Å². The highest BCUT2D eigenvalue weighted by Gasteiger charge is 2.41. The Morgan fingerprint density at radius 3 is 0.964 bits per heavy atom. The summed E-state index contributed by atoms with van der Waals surface area (Å²) in [6, 6.07) is 45.1. The van der Waals surface area contributed by atoms with Crippen LogP contribution >= 0.6 is 0 Å². The van der Waals surface area contributed by atoms with Crippen molar-refractivity contribution in [3.8, 4) is 22.3 Å². The first-order valence-corrected chi connectivity index (χ1v) is 20.3. The molecule has 0 heterocycles. The first-order valence-electron chi connectivity index (χ1n) is 18.7. The minimum atomic E-state index is -4.14. The Morgan fingerprint density at radius 2 is 0.673 bits per heavy atom. The van der Waals surface area contributed by atoms with Crippen LogP contribution in [0, 0.1) is 13.8 Å². The number of anilines is 4. The Bertz CT molecular complexity index is 2180. The molecule has 2 unspecified atom stereocenters. The van der Waals surface area contributed by atoms with E-state index in [9.17, 15) is 0 Å². The van der Waals surface area contributed by atoms with Gasteiger partial charge < -0.3 is 19.6 Å². The van der Waals surface area contributed by atoms with E-state index >= 15 is 8.42 Å². The van der Waals surface area contributed by atoms with Crippen LogP contribution in [0.5, 0.6) is 0 Å². The number of nitrogens with zero attached hydrogens (tertiary/aromatic N) is 4. The molecule has 2 atom stereocenters. The molecule has 0 radical (unpaired) electrons. The molecule has 0 aliphatic rings. The van der Waals surface area contributed by atoms with E-state index in [1.54, 1.807) is 0 Å². The van der Waals surface area contributed by atoms with E-state index in [0.717, 1.165) is 67.3 Å². The second-order valence-corrected chi connectivity index (χ2v) is 17.5. The third-order valence-electron chi connectivity index (χ3n) is 10.5. The predicted octanol–water partition coefficient (Wildman–Crippen LogP) is 10.2. The van der Waals surface area contributed by atoms with Crippen molar-refractivity contribution in [2.75, 3.05) is 76.0 Å². The molecule has 6 aromatic carbocycles. The van der Waals surface area contributed by atoms with Crippen molar-refractivity contribution in [1.82, 2.24) is 0 Å². The molecule has 284 valence electrons. The van der Waals surface area contributed by atoms with Crippen molar-refractivity contribution in [3.63, 3.8) is 0 Å². The van der Waals surface area contributed by atoms with Crippen LogP contribution < -0.4 is 19.6 Å². The molecule has 0 aliphatic heterocycles. The minimum absolute atomic E-state index is 0.716. The second-order valence-electron chi connectivity index (χ2n) is 15.4. The zero-order chi connectivity index (χ0) is 39.6. The van der Waals surface area contributed by atoms with Crippen LogP contribution in [0.4, 0.5) is 22.7 Å². The summed E-state index contributed by atoms with van der Waals surface area (Å²) in [5, 5.41) is -2.01. The predicted molar refractivity (Wildman–Crippen MR) is 236 cm³/mol. The number of hydrogen-bond acceptors (Lipinski definition) is 6. The van der Waals surface area contributed by atoms with Crippen molar-refractivity contribution in [2.24, 2.45) is 0 Å². The van der Waals surface area contributed by atoms with Gasteiger partial charge in [0.05, 0.1) is 0 Å². The summed E-state index contributed by atoms with van der Waals surface area (Å²) in [4.78, 5) is 8.19. The van der Waals surface area contributed by atoms with Gasteiger partial charge >= 0.3 is 0 Å². The molecule has 7 heteroatoms. The Balaban J connectivity index is 1.70. The summed E-state index contributed by atoms with van der Waals surface area (Å²) >= 11 is 0. The molecule has 0 bridgehead atoms. The van der Waals surface area contributed by atoms with E-state index in [4.69, 9.17) is 0 Å². The summed E-state index contributed by atoms with van der Waals surface area (Å²) in [5.74, 6) is 0. The average molecular weight is 751 g/mol. The van der Waals surface area contributed by atoms with Gasteiger partial charge in [0.2, 0.25) is 0 Å². The molecule has 0 aromatic heterocycles. The number of sulfone groups is 1. The number of rotatable bonds is 12. The van der Waals surface area contributed by atoms with Crippen molar-refractivity contribution < 1.29 is 8.42 Å². The van der Waals surface area contributed by atoms with Crippen LogP contribution in [0.25, 0.3) is 22.3 Å². The normalized spacial score (nSPS) is 12.5. The molecular formula is C48H54N4O2S. The van der Waals surface area contributed by atoms with E-state index in [0.29, 0.717) is 11.1 Å². The molecule has 0 fully saturated rings. The smallest absolute Gasteiger partial charge is 0.172 e. The Labute approximate surface area is 329 Å². The molecule has 6 nitrogen and oxygen atoms in total. The monoisotopic (exact) mass is 750 g/mol. The SMILES string of the molecule is Cc1ccc(-c2cc(N(C)C)ccc2C(c2ccc(N(C)C)cc2)S(=O)(=O)C(c2ccc(N(C)C)cc2)c2ccc(N(C)C)cc2-c2ccc(C)cc2)cc1. The molecule has 0 amide bonds. The fourth-order valence-corrected chi connectivity index (χ4v) is 9.66. The summed E-state index contributed by atoms with van der Waals surface area (Å²) < 4.78 is 32.7. The fraction of sp³-hybridized carbons (Fsp3) is 0.250. The molecular weight excluding hydrogens is 697 g/mol. The maximum absolute atomic E-state index is 16.3. The molecule has 0 saturated carbocycles. The van der Waals surface area contributed by atoms with Gasteiger partial charge in [0.15, 0.2) is 9.84 Å². The fourth-order valence-electron chi connectivity index (χ4n) is 7.19. The highest BCUT2D eigenvalue weighted by Crippen LogP contribution is 2.48. The Morgan fingerprint density at radius 1 is 0.382 bits per heavy atom. The highest BCUT2D eigenvalue weighted by molar-refractivity contribution is 7.92. The molecule has 6 aromatic rings. The lowest BCUT2D eigenvalue weighted by atomic mass is 9.92. The highest BCUT2D eigenvalue weighted by atomic mass is 32.2. The lowest BCUT2D eigenvalue weighted by molar-refractivity contribution is 0.582. The zero-order valence-electron chi connectivity index (χ0n) is 33.9. The van der Waals surface area contributed by atoms with Crippen molar-refractivity contribution in [3.05, 3.63) is 167 Å². The van der Waals surface area contributed by atoms with Gasteiger partial charge in [-0.3, -0.25) is 0 Å². The van der Waals surface area contributed by atoms with Gasteiger partial charge in [-0.25, -0.2) is 8.42 Å². The van der Waals surface area contributed by atoms with E-state index in [1.165, 1.54) is 0 Å². The van der Waals surface area contributed by atoms with Crippen molar-refractivity contribution >= 4 is 32.6 Å². The number of hydrogen-bond donors (Lipinski definition) is 0. The van der Waals surface area contributed by atoms with E-state index in [-0.39, 0.29) is 0 Å². The summed E-state index contributed by atoms with van der Waals surface area (Å²) in [6.45, 7) is 4.14. The van der Waals surface area contributed by atoms with Crippen LogP contribution in [0.2, 0.25) is 0 Å². The van der Waals surface area contributed by atoms with E-state index in [1.807, 2.05) is 139 Å². The molecule has 0 N–H and O–H groups in total. The van der Waals surface area contributed by atoms with Gasteiger partial charge in [0.1, 0.15) is 10.5 Å². The van der Waals surface area contributed by atoms with Crippen molar-refractivity contribution in [2.45, 2.75) is 24.3 Å². The zero-order valence-corrected chi connectivity index (χ0v) is 34.7. The van der Waals surface area contributed by atoms with Gasteiger partial charge in [0, 0.05) is 79.1 Å². The molecule has 55 heavy (non-hydrogen) atoms. The van der Waals surface area contributed by atoms with Gasteiger partial charge in [-0.15, -0.1) is 0 Å². The number of aryl methyl sites for hydroxylation is 2. The largest absolute Gasteiger partial charge is 0.378 e. The topological polar surface area (TPSA) is 47.1 Å². The molecule has 6 rings (SSSR count). The summed E-state index contributed by atoms with van der Waals surface area (Å²) in [6.07, 6.45) is 0. The maximum atomic E-state index is 16.3. The lowest BCUT2D eigenvalue weighted by Gasteiger charge is -2.30. The minimum Gasteiger partial charge on any atom is -0.378 e. The van der Waals surface area contributed by atoms with Gasteiger partial charge in [-0.1, -0.05) is 96.1 Å². The van der Waals surface area contributed by atoms with Crippen LogP contribution in [-0.4, -0.2) is 64.8 Å². The number of benzene rings is 6. The van der Waals surface area contributed by atoms with Crippen LogP contribution in [0.15, 0.2) is 133 Å². The molecule has 0 spiro atoms. The average Bonchev–Trinajstić information content (AvgIpc) is 3.16. The molecule has 0 saturated heterocycles.